The molecule has 0 radical (unpaired) electrons. The standard InChI is InChI=1S/C10H13N3O2/c1-13(2)10(15)5-3-4-8-6-7-9(14)12-11-8/h3,5-7H,4H2,1-2H3,(H,12,14)/b5-3-. The summed E-state index contributed by atoms with van der Waals surface area (Å²) in [4.78, 5) is 23.3. The molecule has 0 bridgehead atoms. The molecule has 80 valence electrons. The second kappa shape index (κ2) is 5.09. The van der Waals surface area contributed by atoms with E-state index in [1.54, 1.807) is 26.2 Å². The van der Waals surface area contributed by atoms with Gasteiger partial charge < -0.3 is 4.90 Å². The van der Waals surface area contributed by atoms with Crippen molar-refractivity contribution in [2.24, 2.45) is 0 Å². The first-order valence-corrected chi connectivity index (χ1v) is 4.52. The van der Waals surface area contributed by atoms with Crippen molar-refractivity contribution in [2.45, 2.75) is 6.42 Å². The van der Waals surface area contributed by atoms with E-state index < -0.39 is 0 Å². The quantitative estimate of drug-likeness (QED) is 0.707. The SMILES string of the molecule is CN(C)C(=O)/C=C\Cc1ccc(=O)[nH]n1. The predicted molar refractivity (Wildman–Crippen MR) is 56.4 cm³/mol. The van der Waals surface area contributed by atoms with Gasteiger partial charge in [0, 0.05) is 26.6 Å². The van der Waals surface area contributed by atoms with Gasteiger partial charge in [-0.15, -0.1) is 0 Å². The van der Waals surface area contributed by atoms with Crippen LogP contribution in [-0.2, 0) is 11.2 Å². The molecule has 0 aromatic carbocycles. The first-order chi connectivity index (χ1) is 7.09. The Hall–Kier alpha value is -1.91. The molecule has 1 aromatic rings. The van der Waals surface area contributed by atoms with Crippen LogP contribution >= 0.6 is 0 Å². The molecule has 5 heteroatoms. The van der Waals surface area contributed by atoms with Crippen LogP contribution in [0.25, 0.3) is 0 Å². The molecule has 0 saturated heterocycles. The summed E-state index contributed by atoms with van der Waals surface area (Å²) in [6.07, 6.45) is 3.71. The van der Waals surface area contributed by atoms with Crippen LogP contribution in [0.1, 0.15) is 5.69 Å². The number of aromatic amines is 1. The number of carbonyl (C=O) groups is 1. The van der Waals surface area contributed by atoms with Crippen LogP contribution in [-0.4, -0.2) is 35.1 Å². The van der Waals surface area contributed by atoms with Gasteiger partial charge in [-0.25, -0.2) is 5.10 Å². The average Bonchev–Trinajstić information content (AvgIpc) is 2.20. The highest BCUT2D eigenvalue weighted by molar-refractivity contribution is 5.87. The van der Waals surface area contributed by atoms with Gasteiger partial charge in [0.25, 0.3) is 5.56 Å². The highest BCUT2D eigenvalue weighted by Crippen LogP contribution is 1.92. The molecule has 1 amide bonds. The van der Waals surface area contributed by atoms with Crippen LogP contribution in [0.4, 0.5) is 0 Å². The van der Waals surface area contributed by atoms with Gasteiger partial charge in [0.2, 0.25) is 5.91 Å². The summed E-state index contributed by atoms with van der Waals surface area (Å²) in [6, 6.07) is 3.03. The molecule has 1 heterocycles. The number of amides is 1. The van der Waals surface area contributed by atoms with Crippen LogP contribution in [0.2, 0.25) is 0 Å². The topological polar surface area (TPSA) is 66.1 Å². The lowest BCUT2D eigenvalue weighted by molar-refractivity contribution is -0.123. The van der Waals surface area contributed by atoms with Gasteiger partial charge in [-0.05, 0) is 12.1 Å². The molecule has 1 aromatic heterocycles. The lowest BCUT2D eigenvalue weighted by Gasteiger charge is -2.04. The van der Waals surface area contributed by atoms with E-state index >= 15 is 0 Å². The number of hydrogen-bond donors (Lipinski definition) is 1. The van der Waals surface area contributed by atoms with Gasteiger partial charge in [0.05, 0.1) is 5.69 Å². The lowest BCUT2D eigenvalue weighted by atomic mass is 10.2. The Kier molecular flexibility index (Phi) is 3.79. The first-order valence-electron chi connectivity index (χ1n) is 4.52. The number of nitrogens with zero attached hydrogens (tertiary/aromatic N) is 2. The number of carbonyl (C=O) groups excluding carboxylic acids is 1. The maximum Gasteiger partial charge on any atom is 0.264 e. The summed E-state index contributed by atoms with van der Waals surface area (Å²) >= 11 is 0. The minimum Gasteiger partial charge on any atom is -0.345 e. The number of H-pyrrole nitrogens is 1. The smallest absolute Gasteiger partial charge is 0.264 e. The Morgan fingerprint density at radius 2 is 2.27 bits per heavy atom. The van der Waals surface area contributed by atoms with Crippen LogP contribution in [0, 0.1) is 0 Å². The maximum absolute atomic E-state index is 11.1. The molecule has 5 nitrogen and oxygen atoms in total. The van der Waals surface area contributed by atoms with E-state index in [1.165, 1.54) is 17.0 Å². The molecule has 1 N–H and O–H groups in total. The molecule has 1 rings (SSSR count). The molecule has 0 saturated carbocycles. The third-order valence-electron chi connectivity index (χ3n) is 1.76. The molecule has 0 spiro atoms. The summed E-state index contributed by atoms with van der Waals surface area (Å²) in [5.41, 5.74) is 0.490. The molecule has 0 unspecified atom stereocenters. The van der Waals surface area contributed by atoms with E-state index in [1.807, 2.05) is 0 Å². The van der Waals surface area contributed by atoms with Crippen LogP contribution in [0.3, 0.4) is 0 Å². The van der Waals surface area contributed by atoms with Crippen molar-refractivity contribution in [1.82, 2.24) is 15.1 Å². The highest BCUT2D eigenvalue weighted by atomic mass is 16.2. The zero-order chi connectivity index (χ0) is 11.3. The second-order valence-electron chi connectivity index (χ2n) is 3.25. The zero-order valence-electron chi connectivity index (χ0n) is 8.73. The molecule has 0 atom stereocenters. The van der Waals surface area contributed by atoms with Gasteiger partial charge in [-0.3, -0.25) is 9.59 Å². The van der Waals surface area contributed by atoms with E-state index in [-0.39, 0.29) is 11.5 Å². The summed E-state index contributed by atoms with van der Waals surface area (Å²) in [7, 11) is 3.37. The van der Waals surface area contributed by atoms with Crippen molar-refractivity contribution in [3.63, 3.8) is 0 Å². The number of likely N-dealkylation sites (N-methyl/N-ethyl adjacent to an activating group) is 1. The molecule has 0 fully saturated rings. The summed E-state index contributed by atoms with van der Waals surface area (Å²) in [6.45, 7) is 0. The zero-order valence-corrected chi connectivity index (χ0v) is 8.73. The van der Waals surface area contributed by atoms with E-state index in [4.69, 9.17) is 0 Å². The monoisotopic (exact) mass is 207 g/mol. The fourth-order valence-electron chi connectivity index (χ4n) is 0.917. The van der Waals surface area contributed by atoms with Crippen molar-refractivity contribution in [3.8, 4) is 0 Å². The van der Waals surface area contributed by atoms with Gasteiger partial charge in [0.15, 0.2) is 0 Å². The number of hydrogen-bond acceptors (Lipinski definition) is 3. The Balaban J connectivity index is 2.54. The van der Waals surface area contributed by atoms with Gasteiger partial charge in [-0.1, -0.05) is 6.08 Å². The average molecular weight is 207 g/mol. The molecular formula is C10H13N3O2. The largest absolute Gasteiger partial charge is 0.345 e. The minimum absolute atomic E-state index is 0.0700. The number of allylic oxidation sites excluding steroid dienone is 1. The lowest BCUT2D eigenvalue weighted by Crippen LogP contribution is -2.18. The van der Waals surface area contributed by atoms with Gasteiger partial charge in [-0.2, -0.15) is 5.10 Å². The summed E-state index contributed by atoms with van der Waals surface area (Å²) < 4.78 is 0. The Morgan fingerprint density at radius 1 is 1.53 bits per heavy atom. The third kappa shape index (κ3) is 3.76. The predicted octanol–water partition coefficient (Wildman–Crippen LogP) is -0.0432. The first kappa shape index (κ1) is 11.2. The summed E-state index contributed by atoms with van der Waals surface area (Å²) in [5, 5.41) is 6.13. The Morgan fingerprint density at radius 3 is 2.80 bits per heavy atom. The van der Waals surface area contributed by atoms with Crippen LogP contribution < -0.4 is 5.56 Å². The van der Waals surface area contributed by atoms with E-state index in [2.05, 4.69) is 10.2 Å². The third-order valence-corrected chi connectivity index (χ3v) is 1.76. The van der Waals surface area contributed by atoms with E-state index in [0.29, 0.717) is 6.42 Å². The molecule has 15 heavy (non-hydrogen) atoms. The van der Waals surface area contributed by atoms with Crippen molar-refractivity contribution >= 4 is 5.91 Å². The van der Waals surface area contributed by atoms with Gasteiger partial charge in [0.1, 0.15) is 0 Å². The molecule has 0 aliphatic heterocycles. The van der Waals surface area contributed by atoms with Crippen molar-refractivity contribution in [2.75, 3.05) is 14.1 Å². The van der Waals surface area contributed by atoms with Crippen molar-refractivity contribution in [3.05, 3.63) is 40.3 Å². The molecule has 0 aliphatic carbocycles. The second-order valence-corrected chi connectivity index (χ2v) is 3.25. The normalized spacial score (nSPS) is 10.5. The number of rotatable bonds is 3. The summed E-state index contributed by atoms with van der Waals surface area (Å²) in [5.74, 6) is -0.0700. The number of aromatic nitrogens is 2. The fourth-order valence-corrected chi connectivity index (χ4v) is 0.917. The minimum atomic E-state index is -0.230. The number of nitrogens with one attached hydrogen (secondary N) is 1. The van der Waals surface area contributed by atoms with E-state index in [9.17, 15) is 9.59 Å². The van der Waals surface area contributed by atoms with Crippen molar-refractivity contribution in [1.29, 1.82) is 0 Å². The molecule has 0 aliphatic rings. The highest BCUT2D eigenvalue weighted by Gasteiger charge is 1.96. The Bertz CT molecular complexity index is 400. The fraction of sp³-hybridized carbons (Fsp3) is 0.300. The van der Waals surface area contributed by atoms with Crippen molar-refractivity contribution < 1.29 is 4.79 Å². The van der Waals surface area contributed by atoms with Crippen LogP contribution in [0.5, 0.6) is 0 Å². The molecular weight excluding hydrogens is 194 g/mol. The van der Waals surface area contributed by atoms with Gasteiger partial charge >= 0.3 is 0 Å². The Labute approximate surface area is 87.4 Å². The maximum atomic E-state index is 11.1. The van der Waals surface area contributed by atoms with Crippen LogP contribution in [0.15, 0.2) is 29.1 Å². The van der Waals surface area contributed by atoms with E-state index in [0.717, 1.165) is 5.69 Å².